The maximum absolute atomic E-state index is 12.6. The molecular weight excluding hydrogens is 395 g/mol. The fourth-order valence-corrected chi connectivity index (χ4v) is 4.92. The minimum absolute atomic E-state index is 0.0277. The van der Waals surface area contributed by atoms with Gasteiger partial charge in [0.15, 0.2) is 0 Å². The fraction of sp³-hybridized carbons (Fsp3) is 0.278. The van der Waals surface area contributed by atoms with Gasteiger partial charge in [-0.2, -0.15) is 0 Å². The van der Waals surface area contributed by atoms with Gasteiger partial charge in [0.1, 0.15) is 4.90 Å². The van der Waals surface area contributed by atoms with Crippen molar-refractivity contribution in [3.8, 4) is 0 Å². The summed E-state index contributed by atoms with van der Waals surface area (Å²) in [5, 5.41) is 2.98. The Morgan fingerprint density at radius 1 is 1.08 bits per heavy atom. The van der Waals surface area contributed by atoms with E-state index in [1.807, 2.05) is 0 Å². The van der Waals surface area contributed by atoms with E-state index in [1.165, 1.54) is 12.1 Å². The Balaban J connectivity index is 1.72. The Labute approximate surface area is 162 Å². The molecule has 0 bridgehead atoms. The summed E-state index contributed by atoms with van der Waals surface area (Å²) in [6.45, 7) is 1.72. The summed E-state index contributed by atoms with van der Waals surface area (Å²) >= 11 is 12.0. The first-order valence-electron chi connectivity index (χ1n) is 8.15. The molecule has 0 spiro atoms. The predicted octanol–water partition coefficient (Wildman–Crippen LogP) is 4.38. The first kappa shape index (κ1) is 19.2. The highest BCUT2D eigenvalue weighted by atomic mass is 35.5. The van der Waals surface area contributed by atoms with E-state index in [1.54, 1.807) is 37.3 Å². The largest absolute Gasteiger partial charge is 0.326 e. The van der Waals surface area contributed by atoms with E-state index < -0.39 is 16.1 Å². The molecule has 2 aromatic carbocycles. The second-order valence-corrected chi connectivity index (χ2v) is 8.74. The molecule has 0 saturated heterocycles. The lowest BCUT2D eigenvalue weighted by molar-refractivity contribution is -0.117. The molecule has 3 rings (SSSR count). The van der Waals surface area contributed by atoms with Crippen molar-refractivity contribution < 1.29 is 13.2 Å². The molecule has 0 heterocycles. The van der Waals surface area contributed by atoms with Crippen LogP contribution in [0.1, 0.15) is 31.4 Å². The van der Waals surface area contributed by atoms with Crippen LogP contribution in [0.15, 0.2) is 47.4 Å². The summed E-state index contributed by atoms with van der Waals surface area (Å²) in [7, 11) is -3.88. The van der Waals surface area contributed by atoms with Crippen molar-refractivity contribution in [2.45, 2.75) is 30.7 Å². The van der Waals surface area contributed by atoms with Crippen molar-refractivity contribution in [3.63, 3.8) is 0 Å². The number of carbonyl (C=O) groups excluding carboxylic acids is 1. The zero-order valence-electron chi connectivity index (χ0n) is 14.0. The normalized spacial score (nSPS) is 15.5. The standard InChI is InChI=1S/C18H18Cl2N2O3S/c1-11(22-26(24,25)17-15(19)3-2-4-16(17)20)12-7-9-14(10-8-12)21-18(23)13-5-6-13/h2-4,7-11,13,22H,5-6H2,1H3,(H,21,23). The molecule has 8 heteroatoms. The molecule has 1 unspecified atom stereocenters. The highest BCUT2D eigenvalue weighted by Crippen LogP contribution is 2.31. The highest BCUT2D eigenvalue weighted by molar-refractivity contribution is 7.89. The van der Waals surface area contributed by atoms with E-state index in [0.29, 0.717) is 5.69 Å². The van der Waals surface area contributed by atoms with Crippen LogP contribution < -0.4 is 10.0 Å². The molecule has 0 aromatic heterocycles. The van der Waals surface area contributed by atoms with Gasteiger partial charge < -0.3 is 5.32 Å². The number of sulfonamides is 1. The molecule has 138 valence electrons. The molecule has 1 fully saturated rings. The van der Waals surface area contributed by atoms with Crippen molar-refractivity contribution in [1.29, 1.82) is 0 Å². The highest BCUT2D eigenvalue weighted by Gasteiger charge is 2.29. The number of carbonyl (C=O) groups is 1. The summed E-state index contributed by atoms with van der Waals surface area (Å²) in [6.07, 6.45) is 1.88. The van der Waals surface area contributed by atoms with Crippen molar-refractivity contribution in [3.05, 3.63) is 58.1 Å². The lowest BCUT2D eigenvalue weighted by Crippen LogP contribution is -2.27. The SMILES string of the molecule is CC(NS(=O)(=O)c1c(Cl)cccc1Cl)c1ccc(NC(=O)C2CC2)cc1. The predicted molar refractivity (Wildman–Crippen MR) is 103 cm³/mol. The first-order valence-corrected chi connectivity index (χ1v) is 10.4. The topological polar surface area (TPSA) is 75.3 Å². The average molecular weight is 413 g/mol. The lowest BCUT2D eigenvalue weighted by atomic mass is 10.1. The van der Waals surface area contributed by atoms with E-state index in [-0.39, 0.29) is 26.8 Å². The van der Waals surface area contributed by atoms with Crippen molar-refractivity contribution in [2.75, 3.05) is 5.32 Å². The van der Waals surface area contributed by atoms with Gasteiger partial charge in [-0.3, -0.25) is 4.79 Å². The smallest absolute Gasteiger partial charge is 0.244 e. The number of rotatable bonds is 6. The second kappa shape index (κ2) is 7.56. The number of nitrogens with one attached hydrogen (secondary N) is 2. The van der Waals surface area contributed by atoms with Gasteiger partial charge in [-0.05, 0) is 49.6 Å². The summed E-state index contributed by atoms with van der Waals surface area (Å²) in [6, 6.07) is 11.1. The molecule has 5 nitrogen and oxygen atoms in total. The van der Waals surface area contributed by atoms with Crippen molar-refractivity contribution in [1.82, 2.24) is 4.72 Å². The van der Waals surface area contributed by atoms with E-state index in [0.717, 1.165) is 18.4 Å². The first-order chi connectivity index (χ1) is 12.3. The molecule has 2 aromatic rings. The van der Waals surface area contributed by atoms with E-state index in [4.69, 9.17) is 23.2 Å². The van der Waals surface area contributed by atoms with Crippen LogP contribution in [-0.4, -0.2) is 14.3 Å². The Morgan fingerprint density at radius 3 is 2.19 bits per heavy atom. The van der Waals surface area contributed by atoms with Crippen LogP contribution in [0.5, 0.6) is 0 Å². The van der Waals surface area contributed by atoms with Crippen LogP contribution in [0.2, 0.25) is 10.0 Å². The number of hydrogen-bond donors (Lipinski definition) is 2. The minimum Gasteiger partial charge on any atom is -0.326 e. The Hall–Kier alpha value is -1.60. The van der Waals surface area contributed by atoms with Crippen molar-refractivity contribution in [2.24, 2.45) is 5.92 Å². The lowest BCUT2D eigenvalue weighted by Gasteiger charge is -2.16. The third-order valence-electron chi connectivity index (χ3n) is 4.15. The Morgan fingerprint density at radius 2 is 1.65 bits per heavy atom. The average Bonchev–Trinajstić information content (AvgIpc) is 3.39. The molecule has 1 atom stereocenters. The summed E-state index contributed by atoms with van der Waals surface area (Å²) in [5.74, 6) is 0.153. The van der Waals surface area contributed by atoms with Crippen LogP contribution in [0.25, 0.3) is 0 Å². The monoisotopic (exact) mass is 412 g/mol. The molecule has 0 aliphatic heterocycles. The van der Waals surface area contributed by atoms with Crippen LogP contribution in [0.4, 0.5) is 5.69 Å². The zero-order chi connectivity index (χ0) is 18.9. The molecule has 0 radical (unpaired) electrons. The molecule has 1 aliphatic rings. The van der Waals surface area contributed by atoms with Crippen LogP contribution in [0, 0.1) is 5.92 Å². The fourth-order valence-electron chi connectivity index (χ4n) is 2.54. The number of halogens is 2. The second-order valence-electron chi connectivity index (χ2n) is 6.28. The Bertz CT molecular complexity index is 906. The summed E-state index contributed by atoms with van der Waals surface area (Å²) in [5.41, 5.74) is 1.44. The van der Waals surface area contributed by atoms with E-state index in [2.05, 4.69) is 10.0 Å². The van der Waals surface area contributed by atoms with Gasteiger partial charge >= 0.3 is 0 Å². The molecule has 1 aliphatic carbocycles. The maximum atomic E-state index is 12.6. The molecule has 1 amide bonds. The van der Waals surface area contributed by atoms with E-state index in [9.17, 15) is 13.2 Å². The Kier molecular flexibility index (Phi) is 5.58. The van der Waals surface area contributed by atoms with Crippen LogP contribution in [-0.2, 0) is 14.8 Å². The van der Waals surface area contributed by atoms with Gasteiger partial charge in [0.05, 0.1) is 10.0 Å². The molecule has 2 N–H and O–H groups in total. The van der Waals surface area contributed by atoms with Gasteiger partial charge in [-0.15, -0.1) is 0 Å². The van der Waals surface area contributed by atoms with Crippen LogP contribution >= 0.6 is 23.2 Å². The van der Waals surface area contributed by atoms with E-state index >= 15 is 0 Å². The number of anilines is 1. The van der Waals surface area contributed by atoms with Crippen LogP contribution in [0.3, 0.4) is 0 Å². The van der Waals surface area contributed by atoms with Gasteiger partial charge in [-0.1, -0.05) is 41.4 Å². The third kappa shape index (κ3) is 4.38. The quantitative estimate of drug-likeness (QED) is 0.738. The maximum Gasteiger partial charge on any atom is 0.244 e. The summed E-state index contributed by atoms with van der Waals surface area (Å²) < 4.78 is 27.8. The number of amides is 1. The third-order valence-corrected chi connectivity index (χ3v) is 6.64. The number of benzene rings is 2. The van der Waals surface area contributed by atoms with Crippen molar-refractivity contribution >= 4 is 44.8 Å². The summed E-state index contributed by atoms with van der Waals surface area (Å²) in [4.78, 5) is 11.6. The van der Waals surface area contributed by atoms with Gasteiger partial charge in [-0.25, -0.2) is 13.1 Å². The zero-order valence-corrected chi connectivity index (χ0v) is 16.3. The molecule has 26 heavy (non-hydrogen) atoms. The number of hydrogen-bond acceptors (Lipinski definition) is 3. The molecule has 1 saturated carbocycles. The minimum atomic E-state index is -3.88. The van der Waals surface area contributed by atoms with Gasteiger partial charge in [0, 0.05) is 17.6 Å². The van der Waals surface area contributed by atoms with Gasteiger partial charge in [0.25, 0.3) is 0 Å². The molecular formula is C18H18Cl2N2O3S. The van der Waals surface area contributed by atoms with Gasteiger partial charge in [0.2, 0.25) is 15.9 Å².